The number of hydrogen-bond acceptors (Lipinski definition) is 5. The minimum absolute atomic E-state index is 0.109. The van der Waals surface area contributed by atoms with Gasteiger partial charge >= 0.3 is 0 Å². The van der Waals surface area contributed by atoms with E-state index in [0.29, 0.717) is 10.6 Å². The van der Waals surface area contributed by atoms with Crippen LogP contribution in [0.1, 0.15) is 26.4 Å². The monoisotopic (exact) mass is 363 g/mol. The molecule has 4 aromatic rings. The fourth-order valence-electron chi connectivity index (χ4n) is 3.83. The van der Waals surface area contributed by atoms with E-state index in [0.717, 1.165) is 34.3 Å². The van der Waals surface area contributed by atoms with Gasteiger partial charge in [-0.2, -0.15) is 0 Å². The molecule has 130 valence electrons. The van der Waals surface area contributed by atoms with Gasteiger partial charge in [0.15, 0.2) is 5.65 Å². The molecule has 7 heteroatoms. The van der Waals surface area contributed by atoms with Crippen molar-refractivity contribution < 1.29 is 4.79 Å². The van der Waals surface area contributed by atoms with Crippen molar-refractivity contribution in [1.29, 1.82) is 0 Å². The van der Waals surface area contributed by atoms with Gasteiger partial charge in [-0.15, -0.1) is 21.5 Å². The zero-order valence-corrected chi connectivity index (χ0v) is 15.0. The van der Waals surface area contributed by atoms with Gasteiger partial charge in [0.05, 0.1) is 5.69 Å². The number of nitrogens with zero attached hydrogens (tertiary/aromatic N) is 3. The molecule has 0 fully saturated rings. The summed E-state index contributed by atoms with van der Waals surface area (Å²) >= 11 is 1.39. The Morgan fingerprint density at radius 1 is 1.31 bits per heavy atom. The zero-order chi connectivity index (χ0) is 17.8. The Morgan fingerprint density at radius 2 is 2.04 bits per heavy atom. The summed E-state index contributed by atoms with van der Waals surface area (Å²) in [4.78, 5) is 14.4. The molecule has 5 rings (SSSR count). The van der Waals surface area contributed by atoms with E-state index >= 15 is 0 Å². The van der Waals surface area contributed by atoms with Crippen molar-refractivity contribution in [2.75, 3.05) is 5.73 Å². The van der Waals surface area contributed by atoms with Gasteiger partial charge in [0.1, 0.15) is 16.0 Å². The van der Waals surface area contributed by atoms with Gasteiger partial charge in [-0.05, 0) is 42.5 Å². The second-order valence-electron chi connectivity index (χ2n) is 6.76. The molecule has 3 heterocycles. The second-order valence-corrected chi connectivity index (χ2v) is 7.76. The third-order valence-electron chi connectivity index (χ3n) is 5.05. The number of rotatable bonds is 2. The number of benzene rings is 1. The lowest BCUT2D eigenvalue weighted by molar-refractivity contribution is 0.0943. The van der Waals surface area contributed by atoms with Gasteiger partial charge in [-0.1, -0.05) is 24.3 Å². The largest absolute Gasteiger partial charge is 0.397 e. The smallest absolute Gasteiger partial charge is 0.263 e. The van der Waals surface area contributed by atoms with Gasteiger partial charge in [0.25, 0.3) is 5.91 Å². The molecule has 0 saturated carbocycles. The molecule has 0 unspecified atom stereocenters. The van der Waals surface area contributed by atoms with Gasteiger partial charge in [-0.25, -0.2) is 0 Å². The summed E-state index contributed by atoms with van der Waals surface area (Å²) in [6, 6.07) is 10.4. The Balaban J connectivity index is 1.50. The van der Waals surface area contributed by atoms with Crippen molar-refractivity contribution in [3.63, 3.8) is 0 Å². The van der Waals surface area contributed by atoms with E-state index in [4.69, 9.17) is 5.73 Å². The molecule has 1 aliphatic rings. The first kappa shape index (κ1) is 15.3. The lowest BCUT2D eigenvalue weighted by atomic mass is 10.1. The van der Waals surface area contributed by atoms with Crippen LogP contribution in [0.15, 0.2) is 36.7 Å². The number of nitrogens with one attached hydrogen (secondary N) is 1. The van der Waals surface area contributed by atoms with E-state index in [-0.39, 0.29) is 11.9 Å². The van der Waals surface area contributed by atoms with Crippen molar-refractivity contribution in [1.82, 2.24) is 19.9 Å². The minimum Gasteiger partial charge on any atom is -0.397 e. The molecule has 26 heavy (non-hydrogen) atoms. The number of carbonyl (C=O) groups is 1. The minimum atomic E-state index is -0.109. The van der Waals surface area contributed by atoms with E-state index < -0.39 is 0 Å². The fraction of sp³-hybridized carbons (Fsp3) is 0.211. The Morgan fingerprint density at radius 3 is 2.77 bits per heavy atom. The number of fused-ring (bicyclic) bond motifs is 4. The molecule has 0 spiro atoms. The van der Waals surface area contributed by atoms with E-state index in [1.165, 1.54) is 22.5 Å². The van der Waals surface area contributed by atoms with Gasteiger partial charge in [0, 0.05) is 11.4 Å². The summed E-state index contributed by atoms with van der Waals surface area (Å²) in [6.07, 6.45) is 3.38. The molecule has 3 aromatic heterocycles. The summed E-state index contributed by atoms with van der Waals surface area (Å²) in [5.41, 5.74) is 11.3. The number of thiophene rings is 1. The second kappa shape index (κ2) is 5.54. The third-order valence-corrected chi connectivity index (χ3v) is 6.26. The number of carbonyl (C=O) groups excluding carboxylic acids is 1. The van der Waals surface area contributed by atoms with Crippen molar-refractivity contribution in [2.45, 2.75) is 25.8 Å². The molecule has 0 atom stereocenters. The highest BCUT2D eigenvalue weighted by Gasteiger charge is 2.26. The lowest BCUT2D eigenvalue weighted by Crippen LogP contribution is -2.35. The summed E-state index contributed by atoms with van der Waals surface area (Å²) in [5.74, 6) is -0.109. The predicted octanol–water partition coefficient (Wildman–Crippen LogP) is 2.73. The molecule has 0 radical (unpaired) electrons. The van der Waals surface area contributed by atoms with Gasteiger partial charge in [-0.3, -0.25) is 9.20 Å². The van der Waals surface area contributed by atoms with Gasteiger partial charge < -0.3 is 11.1 Å². The fourth-order valence-corrected chi connectivity index (χ4v) is 5.00. The van der Waals surface area contributed by atoms with Crippen LogP contribution in [0.25, 0.3) is 15.9 Å². The van der Waals surface area contributed by atoms with Crippen LogP contribution in [0.2, 0.25) is 0 Å². The van der Waals surface area contributed by atoms with Crippen molar-refractivity contribution in [2.24, 2.45) is 0 Å². The highest BCUT2D eigenvalue weighted by molar-refractivity contribution is 7.21. The molecule has 0 saturated heterocycles. The van der Waals surface area contributed by atoms with Crippen LogP contribution in [0.4, 0.5) is 5.69 Å². The van der Waals surface area contributed by atoms with Crippen LogP contribution >= 0.6 is 11.3 Å². The standard InChI is InChI=1S/C19H17N5OS/c1-10-6-14-23-21-9-24(14)19-15(10)16(20)17(26-19)18(25)22-13-7-11-4-2-3-5-12(11)8-13/h2-6,9,13H,7-8,20H2,1H3,(H,22,25). The number of pyridine rings is 1. The van der Waals surface area contributed by atoms with Gasteiger partial charge in [0.2, 0.25) is 0 Å². The zero-order valence-electron chi connectivity index (χ0n) is 14.2. The van der Waals surface area contributed by atoms with Crippen LogP contribution in [-0.4, -0.2) is 26.5 Å². The topological polar surface area (TPSA) is 85.3 Å². The number of aromatic nitrogens is 3. The third kappa shape index (κ3) is 2.20. The van der Waals surface area contributed by atoms with Crippen molar-refractivity contribution in [3.05, 3.63) is 58.2 Å². The summed E-state index contributed by atoms with van der Waals surface area (Å²) in [7, 11) is 0. The van der Waals surface area contributed by atoms with Crippen LogP contribution in [0.5, 0.6) is 0 Å². The molecule has 1 aliphatic carbocycles. The number of nitrogens with two attached hydrogens (primary N) is 1. The van der Waals surface area contributed by atoms with E-state index in [1.807, 2.05) is 29.5 Å². The van der Waals surface area contributed by atoms with E-state index in [9.17, 15) is 4.79 Å². The Hall–Kier alpha value is -2.93. The quantitative estimate of drug-likeness (QED) is 0.573. The summed E-state index contributed by atoms with van der Waals surface area (Å²) < 4.78 is 1.88. The molecular formula is C19H17N5OS. The maximum atomic E-state index is 12.9. The molecule has 0 aliphatic heterocycles. The van der Waals surface area contributed by atoms with E-state index in [1.54, 1.807) is 6.33 Å². The molecule has 6 nitrogen and oxygen atoms in total. The van der Waals surface area contributed by atoms with Crippen LogP contribution in [-0.2, 0) is 12.8 Å². The van der Waals surface area contributed by atoms with Crippen molar-refractivity contribution in [3.8, 4) is 0 Å². The van der Waals surface area contributed by atoms with Crippen molar-refractivity contribution >= 4 is 38.8 Å². The first-order valence-electron chi connectivity index (χ1n) is 8.51. The van der Waals surface area contributed by atoms with Crippen LogP contribution in [0, 0.1) is 6.92 Å². The van der Waals surface area contributed by atoms with Crippen LogP contribution < -0.4 is 11.1 Å². The summed E-state index contributed by atoms with van der Waals surface area (Å²) in [6.45, 7) is 1.98. The SMILES string of the molecule is Cc1cc2nncn2c2sc(C(=O)NC3Cc4ccccc4C3)c(N)c12. The maximum absolute atomic E-state index is 12.9. The summed E-state index contributed by atoms with van der Waals surface area (Å²) in [5, 5.41) is 12.1. The molecule has 1 aromatic carbocycles. The maximum Gasteiger partial charge on any atom is 0.263 e. The molecule has 1 amide bonds. The molecule has 0 bridgehead atoms. The number of amides is 1. The average Bonchev–Trinajstić information content (AvgIpc) is 3.30. The number of nitrogen functional groups attached to an aromatic ring is 1. The Bertz CT molecular complexity index is 1150. The number of hydrogen-bond donors (Lipinski definition) is 2. The Labute approximate surface area is 153 Å². The van der Waals surface area contributed by atoms with E-state index in [2.05, 4.69) is 27.6 Å². The van der Waals surface area contributed by atoms with Crippen LogP contribution in [0.3, 0.4) is 0 Å². The lowest BCUT2D eigenvalue weighted by Gasteiger charge is -2.11. The highest BCUT2D eigenvalue weighted by Crippen LogP contribution is 2.36. The number of anilines is 1. The number of aryl methyl sites for hydroxylation is 1. The molecular weight excluding hydrogens is 346 g/mol. The first-order chi connectivity index (χ1) is 12.6. The predicted molar refractivity (Wildman–Crippen MR) is 103 cm³/mol. The molecule has 3 N–H and O–H groups in total. The first-order valence-corrected chi connectivity index (χ1v) is 9.32. The normalized spacial score (nSPS) is 14.2. The average molecular weight is 363 g/mol. The Kier molecular flexibility index (Phi) is 3.27. The highest BCUT2D eigenvalue weighted by atomic mass is 32.1.